The van der Waals surface area contributed by atoms with Gasteiger partial charge in [0, 0.05) is 11.8 Å². The van der Waals surface area contributed by atoms with Crippen molar-refractivity contribution in [1.82, 2.24) is 14.8 Å². The van der Waals surface area contributed by atoms with Crippen LogP contribution in [-0.2, 0) is 6.54 Å². The zero-order valence-electron chi connectivity index (χ0n) is 10.6. The number of carbonyl (C=O) groups is 1. The average Bonchev–Trinajstić information content (AvgIpc) is 2.65. The van der Waals surface area contributed by atoms with Crippen molar-refractivity contribution in [3.63, 3.8) is 0 Å². The molecule has 0 aromatic carbocycles. The third-order valence-corrected chi connectivity index (χ3v) is 2.91. The quantitative estimate of drug-likeness (QED) is 0.898. The van der Waals surface area contributed by atoms with Gasteiger partial charge in [-0.25, -0.2) is 9.78 Å². The van der Waals surface area contributed by atoms with Crippen LogP contribution in [0.25, 0.3) is 0 Å². The fourth-order valence-electron chi connectivity index (χ4n) is 1.99. The summed E-state index contributed by atoms with van der Waals surface area (Å²) < 4.78 is 1.58. The van der Waals surface area contributed by atoms with Crippen LogP contribution in [0.5, 0.6) is 0 Å². The molecule has 2 aromatic rings. The standard InChI is InChI=1S/C13H12N4O2/c1-8-12(13(18)19)9(2)17(16-8)7-10-4-3-5-15-11(10)6-14/h3-5H,7H2,1-2H3,(H,18,19). The normalized spacial score (nSPS) is 10.2. The molecule has 0 atom stereocenters. The van der Waals surface area contributed by atoms with E-state index in [1.54, 1.807) is 36.9 Å². The first-order valence-corrected chi connectivity index (χ1v) is 5.66. The van der Waals surface area contributed by atoms with Gasteiger partial charge in [-0.05, 0) is 19.9 Å². The minimum Gasteiger partial charge on any atom is -0.478 e. The van der Waals surface area contributed by atoms with E-state index in [0.29, 0.717) is 29.2 Å². The SMILES string of the molecule is Cc1nn(Cc2cccnc2C#N)c(C)c1C(=O)O. The average molecular weight is 256 g/mol. The number of rotatable bonds is 3. The number of hydrogen-bond acceptors (Lipinski definition) is 4. The van der Waals surface area contributed by atoms with E-state index in [1.165, 1.54) is 0 Å². The Balaban J connectivity index is 2.43. The Morgan fingerprint density at radius 3 is 2.84 bits per heavy atom. The third kappa shape index (κ3) is 2.31. The van der Waals surface area contributed by atoms with Gasteiger partial charge in [0.2, 0.25) is 0 Å². The zero-order valence-corrected chi connectivity index (χ0v) is 10.6. The summed E-state index contributed by atoms with van der Waals surface area (Å²) in [5.74, 6) is -0.993. The van der Waals surface area contributed by atoms with E-state index in [0.717, 1.165) is 0 Å². The molecule has 6 nitrogen and oxygen atoms in total. The molecule has 0 fully saturated rings. The lowest BCUT2D eigenvalue weighted by Gasteiger charge is -2.05. The largest absolute Gasteiger partial charge is 0.478 e. The lowest BCUT2D eigenvalue weighted by Crippen LogP contribution is -2.07. The Bertz CT molecular complexity index is 682. The van der Waals surface area contributed by atoms with Gasteiger partial charge in [0.25, 0.3) is 0 Å². The lowest BCUT2D eigenvalue weighted by molar-refractivity contribution is 0.0695. The summed E-state index contributed by atoms with van der Waals surface area (Å²) in [6, 6.07) is 5.53. The summed E-state index contributed by atoms with van der Waals surface area (Å²) in [6.07, 6.45) is 1.55. The van der Waals surface area contributed by atoms with Gasteiger partial charge in [-0.3, -0.25) is 4.68 Å². The van der Waals surface area contributed by atoms with Crippen LogP contribution in [0.4, 0.5) is 0 Å². The van der Waals surface area contributed by atoms with Crippen molar-refractivity contribution in [2.45, 2.75) is 20.4 Å². The molecule has 0 bridgehead atoms. The molecule has 0 radical (unpaired) electrons. The van der Waals surface area contributed by atoms with E-state index < -0.39 is 5.97 Å². The molecular formula is C13H12N4O2. The smallest absolute Gasteiger partial charge is 0.339 e. The van der Waals surface area contributed by atoms with Crippen LogP contribution in [0.2, 0.25) is 0 Å². The zero-order chi connectivity index (χ0) is 14.0. The van der Waals surface area contributed by atoms with Gasteiger partial charge in [-0.15, -0.1) is 0 Å². The highest BCUT2D eigenvalue weighted by atomic mass is 16.4. The summed E-state index contributed by atoms with van der Waals surface area (Å²) >= 11 is 0. The molecule has 0 unspecified atom stereocenters. The van der Waals surface area contributed by atoms with E-state index in [1.807, 2.05) is 6.07 Å². The molecule has 0 amide bonds. The molecule has 96 valence electrons. The fraction of sp³-hybridized carbons (Fsp3) is 0.231. The number of carboxylic acids is 1. The van der Waals surface area contributed by atoms with E-state index in [4.69, 9.17) is 10.4 Å². The summed E-state index contributed by atoms with van der Waals surface area (Å²) in [5.41, 5.74) is 2.28. The van der Waals surface area contributed by atoms with Crippen molar-refractivity contribution < 1.29 is 9.90 Å². The predicted molar refractivity (Wildman–Crippen MR) is 66.7 cm³/mol. The van der Waals surface area contributed by atoms with Crippen LogP contribution in [0.1, 0.15) is 33.0 Å². The Morgan fingerprint density at radius 1 is 1.53 bits per heavy atom. The number of aryl methyl sites for hydroxylation is 1. The first-order chi connectivity index (χ1) is 9.04. The van der Waals surface area contributed by atoms with Gasteiger partial charge in [-0.2, -0.15) is 10.4 Å². The molecule has 19 heavy (non-hydrogen) atoms. The first kappa shape index (κ1) is 12.8. The fourth-order valence-corrected chi connectivity index (χ4v) is 1.99. The van der Waals surface area contributed by atoms with Crippen LogP contribution in [-0.4, -0.2) is 25.8 Å². The van der Waals surface area contributed by atoms with E-state index in [9.17, 15) is 4.79 Å². The predicted octanol–water partition coefficient (Wildman–Crippen LogP) is 1.51. The van der Waals surface area contributed by atoms with Gasteiger partial charge in [-0.1, -0.05) is 6.07 Å². The number of nitriles is 1. The Hall–Kier alpha value is -2.68. The second kappa shape index (κ2) is 4.90. The lowest BCUT2D eigenvalue weighted by atomic mass is 10.2. The van der Waals surface area contributed by atoms with Gasteiger partial charge in [0.05, 0.1) is 17.9 Å². The minimum atomic E-state index is -0.993. The van der Waals surface area contributed by atoms with Crippen molar-refractivity contribution in [3.8, 4) is 6.07 Å². The van der Waals surface area contributed by atoms with Gasteiger partial charge >= 0.3 is 5.97 Å². The van der Waals surface area contributed by atoms with Crippen molar-refractivity contribution >= 4 is 5.97 Å². The third-order valence-electron chi connectivity index (χ3n) is 2.91. The molecule has 1 N–H and O–H groups in total. The molecule has 0 saturated heterocycles. The van der Waals surface area contributed by atoms with Crippen molar-refractivity contribution in [1.29, 1.82) is 5.26 Å². The molecule has 0 aliphatic rings. The Kier molecular flexibility index (Phi) is 3.29. The molecular weight excluding hydrogens is 244 g/mol. The number of nitrogens with zero attached hydrogens (tertiary/aromatic N) is 4. The monoisotopic (exact) mass is 256 g/mol. The Labute approximate surface area is 109 Å². The highest BCUT2D eigenvalue weighted by Crippen LogP contribution is 2.15. The second-order valence-electron chi connectivity index (χ2n) is 4.13. The van der Waals surface area contributed by atoms with Crippen LogP contribution in [0, 0.1) is 25.2 Å². The number of hydrogen-bond donors (Lipinski definition) is 1. The molecule has 2 aromatic heterocycles. The molecule has 0 spiro atoms. The number of aromatic nitrogens is 3. The maximum Gasteiger partial charge on any atom is 0.339 e. The van der Waals surface area contributed by atoms with Crippen molar-refractivity contribution in [2.75, 3.05) is 0 Å². The maximum absolute atomic E-state index is 11.1. The highest BCUT2D eigenvalue weighted by molar-refractivity contribution is 5.90. The van der Waals surface area contributed by atoms with Crippen LogP contribution in [0.15, 0.2) is 18.3 Å². The summed E-state index contributed by atoms with van der Waals surface area (Å²) in [7, 11) is 0. The molecule has 0 saturated carbocycles. The van der Waals surface area contributed by atoms with Gasteiger partial charge in [0.15, 0.2) is 0 Å². The summed E-state index contributed by atoms with van der Waals surface area (Å²) in [6.45, 7) is 3.68. The molecule has 2 heterocycles. The number of aromatic carboxylic acids is 1. The highest BCUT2D eigenvalue weighted by Gasteiger charge is 2.18. The van der Waals surface area contributed by atoms with E-state index >= 15 is 0 Å². The second-order valence-corrected chi connectivity index (χ2v) is 4.13. The van der Waals surface area contributed by atoms with Gasteiger partial charge in [0.1, 0.15) is 17.3 Å². The van der Waals surface area contributed by atoms with Crippen molar-refractivity contribution in [3.05, 3.63) is 46.5 Å². The topological polar surface area (TPSA) is 91.8 Å². The number of carboxylic acid groups (broad SMARTS) is 1. The first-order valence-electron chi connectivity index (χ1n) is 5.66. The molecule has 6 heteroatoms. The van der Waals surface area contributed by atoms with Crippen LogP contribution >= 0.6 is 0 Å². The number of pyridine rings is 1. The van der Waals surface area contributed by atoms with E-state index in [2.05, 4.69) is 10.1 Å². The minimum absolute atomic E-state index is 0.211. The van der Waals surface area contributed by atoms with Crippen molar-refractivity contribution in [2.24, 2.45) is 0 Å². The molecule has 0 aliphatic heterocycles. The van der Waals surface area contributed by atoms with Gasteiger partial charge < -0.3 is 5.11 Å². The maximum atomic E-state index is 11.1. The van der Waals surface area contributed by atoms with Crippen LogP contribution in [0.3, 0.4) is 0 Å². The molecule has 0 aliphatic carbocycles. The summed E-state index contributed by atoms with van der Waals surface area (Å²) in [5, 5.41) is 22.3. The van der Waals surface area contributed by atoms with Crippen LogP contribution < -0.4 is 0 Å². The summed E-state index contributed by atoms with van der Waals surface area (Å²) in [4.78, 5) is 15.1. The molecule has 2 rings (SSSR count). The van der Waals surface area contributed by atoms with E-state index in [-0.39, 0.29) is 5.56 Å². The Morgan fingerprint density at radius 2 is 2.26 bits per heavy atom.